The van der Waals surface area contributed by atoms with Crippen LogP contribution in [0.25, 0.3) is 0 Å². The van der Waals surface area contributed by atoms with Gasteiger partial charge in [0.05, 0.1) is 18.6 Å². The number of nitrogens with two attached hydrogens (primary N) is 2. The molecule has 1 heterocycles. The van der Waals surface area contributed by atoms with Crippen LogP contribution in [0.15, 0.2) is 12.5 Å². The lowest BCUT2D eigenvalue weighted by atomic mass is 10.1. The first-order valence-corrected chi connectivity index (χ1v) is 10.2. The van der Waals surface area contributed by atoms with Crippen molar-refractivity contribution in [1.82, 2.24) is 20.6 Å². The van der Waals surface area contributed by atoms with Crippen molar-refractivity contribution < 1.29 is 65.6 Å². The molecule has 0 saturated heterocycles. The van der Waals surface area contributed by atoms with E-state index in [0.717, 1.165) is 0 Å². The molecule has 14 nitrogen and oxygen atoms in total. The topological polar surface area (TPSA) is 251 Å². The van der Waals surface area contributed by atoms with E-state index in [4.69, 9.17) is 31.3 Å². The predicted octanol–water partition coefficient (Wildman–Crippen LogP) is -0.639. The Kier molecular flexibility index (Phi) is 16.7. The summed E-state index contributed by atoms with van der Waals surface area (Å²) in [4.78, 5) is 59.7. The van der Waals surface area contributed by atoms with Gasteiger partial charge in [-0.25, -0.2) is 19.4 Å². The van der Waals surface area contributed by atoms with E-state index < -0.39 is 54.2 Å². The van der Waals surface area contributed by atoms with Crippen LogP contribution in [0.3, 0.4) is 0 Å². The van der Waals surface area contributed by atoms with Gasteiger partial charge in [0.2, 0.25) is 11.8 Å². The second-order valence-electron chi connectivity index (χ2n) is 6.88. The van der Waals surface area contributed by atoms with Gasteiger partial charge >= 0.3 is 30.3 Å². The van der Waals surface area contributed by atoms with Crippen molar-refractivity contribution in [2.24, 2.45) is 11.5 Å². The van der Waals surface area contributed by atoms with Gasteiger partial charge in [-0.2, -0.15) is 26.3 Å². The van der Waals surface area contributed by atoms with Gasteiger partial charge < -0.3 is 42.4 Å². The zero-order valence-corrected chi connectivity index (χ0v) is 19.3. The summed E-state index contributed by atoms with van der Waals surface area (Å²) in [5.74, 6) is -7.76. The van der Waals surface area contributed by atoms with Gasteiger partial charge in [0, 0.05) is 12.6 Å². The molecule has 0 aliphatic carbocycles. The molecule has 2 amide bonds. The van der Waals surface area contributed by atoms with Crippen LogP contribution in [0.1, 0.15) is 25.0 Å². The minimum atomic E-state index is -5.08. The highest BCUT2D eigenvalue weighted by molar-refractivity contribution is 5.91. The molecule has 0 saturated carbocycles. The molecule has 38 heavy (non-hydrogen) atoms. The van der Waals surface area contributed by atoms with E-state index in [9.17, 15) is 45.8 Å². The lowest BCUT2D eigenvalue weighted by Gasteiger charge is -2.20. The summed E-state index contributed by atoms with van der Waals surface area (Å²) in [5.41, 5.74) is 11.2. The highest BCUT2D eigenvalue weighted by Gasteiger charge is 2.38. The zero-order chi connectivity index (χ0) is 30.1. The molecule has 1 aromatic rings. The number of amides is 2. The fourth-order valence-corrected chi connectivity index (χ4v) is 2.10. The predicted molar refractivity (Wildman–Crippen MR) is 113 cm³/mol. The number of aliphatic carboxylic acids is 3. The molecule has 2 atom stereocenters. The Bertz CT molecular complexity index is 871. The molecule has 1 aromatic heterocycles. The first kappa shape index (κ1) is 36.2. The van der Waals surface area contributed by atoms with E-state index in [0.29, 0.717) is 25.1 Å². The quantitative estimate of drug-likeness (QED) is 0.123. The maximum Gasteiger partial charge on any atom is 0.490 e. The number of carboxylic acids is 3. The van der Waals surface area contributed by atoms with Crippen molar-refractivity contribution in [2.75, 3.05) is 13.1 Å². The fourth-order valence-electron chi connectivity index (χ4n) is 2.10. The first-order chi connectivity index (χ1) is 17.4. The van der Waals surface area contributed by atoms with Crippen molar-refractivity contribution in [3.8, 4) is 0 Å². The molecule has 0 aliphatic heterocycles. The Balaban J connectivity index is 0. The van der Waals surface area contributed by atoms with Crippen molar-refractivity contribution >= 4 is 29.7 Å². The van der Waals surface area contributed by atoms with Gasteiger partial charge in [0.15, 0.2) is 0 Å². The number of halogens is 6. The van der Waals surface area contributed by atoms with Gasteiger partial charge in [0.1, 0.15) is 12.1 Å². The van der Waals surface area contributed by atoms with E-state index >= 15 is 0 Å². The molecule has 0 bridgehead atoms. The lowest BCUT2D eigenvalue weighted by molar-refractivity contribution is -0.193. The van der Waals surface area contributed by atoms with E-state index in [1.807, 2.05) is 0 Å². The number of hydrogen-bond donors (Lipinski definition) is 8. The number of carbonyl (C=O) groups excluding carboxylic acids is 2. The van der Waals surface area contributed by atoms with Crippen molar-refractivity contribution in [3.63, 3.8) is 0 Å². The van der Waals surface area contributed by atoms with Crippen LogP contribution < -0.4 is 22.1 Å². The third kappa shape index (κ3) is 17.5. The average Bonchev–Trinajstić information content (AvgIpc) is 3.30. The molecule has 0 aromatic carbocycles. The molecular formula is C18H26F6N6O8. The number of unbranched alkanes of at least 4 members (excludes halogenated alkanes) is 1. The number of H-pyrrole nitrogens is 1. The third-order valence-electron chi connectivity index (χ3n) is 3.85. The van der Waals surface area contributed by atoms with E-state index in [1.54, 1.807) is 6.20 Å². The number of aromatic amines is 1. The lowest BCUT2D eigenvalue weighted by Crippen LogP contribution is -2.53. The monoisotopic (exact) mass is 568 g/mol. The maximum absolute atomic E-state index is 12.4. The number of imidazole rings is 1. The number of alkyl halides is 6. The molecule has 0 unspecified atom stereocenters. The summed E-state index contributed by atoms with van der Waals surface area (Å²) in [5, 5.41) is 28.4. The number of nitrogens with one attached hydrogen (secondary N) is 3. The average molecular weight is 568 g/mol. The third-order valence-corrected chi connectivity index (χ3v) is 3.85. The van der Waals surface area contributed by atoms with Crippen LogP contribution in [-0.2, 0) is 30.4 Å². The summed E-state index contributed by atoms with van der Waals surface area (Å²) in [6.07, 6.45) is -5.51. The summed E-state index contributed by atoms with van der Waals surface area (Å²) in [6, 6.07) is -2.00. The fraction of sp³-hybridized carbons (Fsp3) is 0.556. The van der Waals surface area contributed by atoms with Gasteiger partial charge in [-0.1, -0.05) is 0 Å². The number of carboxylic acid groups (broad SMARTS) is 3. The number of rotatable bonds is 11. The Morgan fingerprint density at radius 1 is 0.895 bits per heavy atom. The van der Waals surface area contributed by atoms with Gasteiger partial charge in [-0.3, -0.25) is 9.59 Å². The molecule has 0 aliphatic rings. The second-order valence-corrected chi connectivity index (χ2v) is 6.88. The van der Waals surface area contributed by atoms with Crippen LogP contribution in [0, 0.1) is 0 Å². The van der Waals surface area contributed by atoms with Gasteiger partial charge in [-0.15, -0.1) is 0 Å². The molecule has 0 fully saturated rings. The highest BCUT2D eigenvalue weighted by Crippen LogP contribution is 2.13. The normalized spacial score (nSPS) is 12.4. The number of carbonyl (C=O) groups is 5. The number of aromatic nitrogens is 2. The van der Waals surface area contributed by atoms with Crippen LogP contribution in [-0.4, -0.2) is 92.5 Å². The minimum absolute atomic E-state index is 0.121. The summed E-state index contributed by atoms with van der Waals surface area (Å²) < 4.78 is 63.5. The first-order valence-electron chi connectivity index (χ1n) is 10.2. The Labute approximate surface area is 209 Å². The summed E-state index contributed by atoms with van der Waals surface area (Å²) in [7, 11) is 0. The van der Waals surface area contributed by atoms with Crippen LogP contribution in [0.5, 0.6) is 0 Å². The molecule has 0 radical (unpaired) electrons. The van der Waals surface area contributed by atoms with Crippen LogP contribution in [0.2, 0.25) is 0 Å². The standard InChI is InChI=1S/C14H24N6O4.2C2HF3O2/c15-4-2-1-3-10(14(23)24)20-13(22)11(19-12(21)6-16)5-9-7-17-8-18-9;2*3-2(4,5)1(6)7/h7-8,10-11H,1-6,15-16H2,(H,17,18)(H,19,21)(H,20,22)(H,23,24);2*(H,6,7)/t10-,11-;;/m0../s1. The molecular weight excluding hydrogens is 542 g/mol. The maximum atomic E-state index is 12.4. The highest BCUT2D eigenvalue weighted by atomic mass is 19.4. The Hall–Kier alpha value is -3.94. The summed E-state index contributed by atoms with van der Waals surface area (Å²) in [6.45, 7) is 0.178. The Morgan fingerprint density at radius 2 is 1.39 bits per heavy atom. The van der Waals surface area contributed by atoms with Crippen molar-refractivity contribution in [2.45, 2.75) is 50.1 Å². The number of nitrogens with zero attached hydrogens (tertiary/aromatic N) is 1. The van der Waals surface area contributed by atoms with Gasteiger partial charge in [-0.05, 0) is 25.8 Å². The van der Waals surface area contributed by atoms with E-state index in [2.05, 4.69) is 20.6 Å². The molecule has 218 valence electrons. The van der Waals surface area contributed by atoms with E-state index in [1.165, 1.54) is 6.33 Å². The van der Waals surface area contributed by atoms with Crippen LogP contribution >= 0.6 is 0 Å². The summed E-state index contributed by atoms with van der Waals surface area (Å²) >= 11 is 0. The second kappa shape index (κ2) is 17.5. The van der Waals surface area contributed by atoms with Gasteiger partial charge in [0.25, 0.3) is 0 Å². The Morgan fingerprint density at radius 3 is 1.74 bits per heavy atom. The SMILES string of the molecule is NCCCC[C@H](NC(=O)[C@H](Cc1c[nH]cn1)NC(=O)CN)C(=O)O.O=C(O)C(F)(F)F.O=C(O)C(F)(F)F. The smallest absolute Gasteiger partial charge is 0.480 e. The molecule has 1 rings (SSSR count). The minimum Gasteiger partial charge on any atom is -0.480 e. The molecule has 20 heteroatoms. The van der Waals surface area contributed by atoms with Crippen LogP contribution in [0.4, 0.5) is 26.3 Å². The molecule has 0 spiro atoms. The molecule has 10 N–H and O–H groups in total. The van der Waals surface area contributed by atoms with Crippen molar-refractivity contribution in [3.05, 3.63) is 18.2 Å². The number of hydrogen-bond acceptors (Lipinski definition) is 8. The largest absolute Gasteiger partial charge is 0.490 e. The van der Waals surface area contributed by atoms with E-state index in [-0.39, 0.29) is 19.4 Å². The zero-order valence-electron chi connectivity index (χ0n) is 19.3. The van der Waals surface area contributed by atoms with Crippen molar-refractivity contribution in [1.29, 1.82) is 0 Å².